The van der Waals surface area contributed by atoms with E-state index >= 15 is 0 Å². The second-order valence-electron chi connectivity index (χ2n) is 5.79. The summed E-state index contributed by atoms with van der Waals surface area (Å²) in [4.78, 5) is 12.5. The quantitative estimate of drug-likeness (QED) is 0.669. The van der Waals surface area contributed by atoms with E-state index < -0.39 is 0 Å². The van der Waals surface area contributed by atoms with Gasteiger partial charge in [-0.3, -0.25) is 9.48 Å². The summed E-state index contributed by atoms with van der Waals surface area (Å²) < 4.78 is 6.78. The van der Waals surface area contributed by atoms with E-state index in [0.29, 0.717) is 36.8 Å². The second-order valence-corrected chi connectivity index (χ2v) is 6.20. The van der Waals surface area contributed by atoms with Crippen molar-refractivity contribution in [3.63, 3.8) is 0 Å². The number of ether oxygens (including phenoxy) is 1. The fourth-order valence-corrected chi connectivity index (χ4v) is 2.81. The van der Waals surface area contributed by atoms with E-state index in [1.165, 1.54) is 0 Å². The zero-order valence-electron chi connectivity index (χ0n) is 14.9. The van der Waals surface area contributed by atoms with Crippen molar-refractivity contribution in [3.05, 3.63) is 51.8 Å². The number of hydrogen-bond donors (Lipinski definition) is 2. The summed E-state index contributed by atoms with van der Waals surface area (Å²) in [6, 6.07) is 7.65. The standard InChI is InChI=1S/C18H25ClN4O2/c1-13-17(18(24)21-9-8-20-10-11-25-3)14(2)23(22-13)12-15-6-4-5-7-16(15)19/h4-7,20H,8-12H2,1-3H3,(H,21,24). The van der Waals surface area contributed by atoms with Crippen molar-refractivity contribution in [3.8, 4) is 0 Å². The van der Waals surface area contributed by atoms with E-state index in [1.807, 2.05) is 42.8 Å². The van der Waals surface area contributed by atoms with E-state index in [-0.39, 0.29) is 5.91 Å². The first-order valence-corrected chi connectivity index (χ1v) is 8.67. The van der Waals surface area contributed by atoms with E-state index in [0.717, 1.165) is 23.5 Å². The van der Waals surface area contributed by atoms with Crippen molar-refractivity contribution in [1.82, 2.24) is 20.4 Å². The van der Waals surface area contributed by atoms with Crippen LogP contribution in [0.5, 0.6) is 0 Å². The van der Waals surface area contributed by atoms with Gasteiger partial charge in [0.25, 0.3) is 5.91 Å². The van der Waals surface area contributed by atoms with Crippen molar-refractivity contribution in [2.75, 3.05) is 33.4 Å². The van der Waals surface area contributed by atoms with Crippen LogP contribution in [-0.2, 0) is 11.3 Å². The molecule has 0 aliphatic heterocycles. The molecule has 25 heavy (non-hydrogen) atoms. The molecule has 136 valence electrons. The summed E-state index contributed by atoms with van der Waals surface area (Å²) in [6.45, 7) is 6.96. The number of hydrogen-bond acceptors (Lipinski definition) is 4. The van der Waals surface area contributed by atoms with Crippen LogP contribution in [0, 0.1) is 13.8 Å². The lowest BCUT2D eigenvalue weighted by Gasteiger charge is -2.08. The Hall–Kier alpha value is -1.89. The average Bonchev–Trinajstić information content (AvgIpc) is 2.86. The maximum atomic E-state index is 12.5. The van der Waals surface area contributed by atoms with Gasteiger partial charge in [-0.15, -0.1) is 0 Å². The average molecular weight is 365 g/mol. The van der Waals surface area contributed by atoms with E-state index in [9.17, 15) is 4.79 Å². The number of nitrogens with one attached hydrogen (secondary N) is 2. The van der Waals surface area contributed by atoms with Crippen molar-refractivity contribution < 1.29 is 9.53 Å². The largest absolute Gasteiger partial charge is 0.383 e. The molecule has 7 heteroatoms. The molecule has 2 rings (SSSR count). The lowest BCUT2D eigenvalue weighted by atomic mass is 10.1. The van der Waals surface area contributed by atoms with Crippen molar-refractivity contribution in [1.29, 1.82) is 0 Å². The Labute approximate surface area is 153 Å². The highest BCUT2D eigenvalue weighted by Gasteiger charge is 2.18. The third kappa shape index (κ3) is 5.29. The number of amides is 1. The Kier molecular flexibility index (Phi) is 7.43. The summed E-state index contributed by atoms with van der Waals surface area (Å²) in [7, 11) is 1.66. The molecule has 1 amide bonds. The number of carbonyl (C=O) groups excluding carboxylic acids is 1. The van der Waals surface area contributed by atoms with Gasteiger partial charge in [-0.1, -0.05) is 29.8 Å². The number of carbonyl (C=O) groups is 1. The van der Waals surface area contributed by atoms with E-state index in [1.54, 1.807) is 7.11 Å². The predicted molar refractivity (Wildman–Crippen MR) is 99.3 cm³/mol. The van der Waals surface area contributed by atoms with Gasteiger partial charge in [0.15, 0.2) is 0 Å². The van der Waals surface area contributed by atoms with Gasteiger partial charge in [0.2, 0.25) is 0 Å². The maximum absolute atomic E-state index is 12.5. The molecule has 0 atom stereocenters. The van der Waals surface area contributed by atoms with Crippen molar-refractivity contribution >= 4 is 17.5 Å². The number of rotatable bonds is 9. The number of aryl methyl sites for hydroxylation is 1. The highest BCUT2D eigenvalue weighted by atomic mass is 35.5. The van der Waals surface area contributed by atoms with Gasteiger partial charge >= 0.3 is 0 Å². The van der Waals surface area contributed by atoms with Crippen LogP contribution in [0.2, 0.25) is 5.02 Å². The number of benzene rings is 1. The monoisotopic (exact) mass is 364 g/mol. The van der Waals surface area contributed by atoms with Crippen LogP contribution in [0.3, 0.4) is 0 Å². The lowest BCUT2D eigenvalue weighted by Crippen LogP contribution is -2.33. The zero-order chi connectivity index (χ0) is 18.2. The molecule has 0 spiro atoms. The zero-order valence-corrected chi connectivity index (χ0v) is 15.7. The molecular weight excluding hydrogens is 340 g/mol. The minimum absolute atomic E-state index is 0.103. The normalized spacial score (nSPS) is 10.9. The molecule has 0 bridgehead atoms. The van der Waals surface area contributed by atoms with Gasteiger partial charge in [0.05, 0.1) is 24.4 Å². The molecule has 0 aliphatic carbocycles. The summed E-state index contributed by atoms with van der Waals surface area (Å²) in [6.07, 6.45) is 0. The number of nitrogens with zero attached hydrogens (tertiary/aromatic N) is 2. The van der Waals surface area contributed by atoms with Crippen LogP contribution >= 0.6 is 11.6 Å². The molecule has 0 fully saturated rings. The van der Waals surface area contributed by atoms with E-state index in [2.05, 4.69) is 15.7 Å². The van der Waals surface area contributed by atoms with Crippen LogP contribution in [0.1, 0.15) is 27.3 Å². The Morgan fingerprint density at radius 1 is 1.24 bits per heavy atom. The number of halogens is 1. The third-order valence-corrected chi connectivity index (χ3v) is 4.33. The molecule has 0 unspecified atom stereocenters. The number of methoxy groups -OCH3 is 1. The fourth-order valence-electron chi connectivity index (χ4n) is 2.62. The van der Waals surface area contributed by atoms with Gasteiger partial charge in [0, 0.05) is 37.5 Å². The first-order valence-electron chi connectivity index (χ1n) is 8.30. The Morgan fingerprint density at radius 2 is 2.00 bits per heavy atom. The summed E-state index contributed by atoms with van der Waals surface area (Å²) in [5, 5.41) is 11.3. The second kappa shape index (κ2) is 9.56. The summed E-state index contributed by atoms with van der Waals surface area (Å²) >= 11 is 6.22. The Morgan fingerprint density at radius 3 is 2.72 bits per heavy atom. The Bertz CT molecular complexity index is 715. The Balaban J connectivity index is 1.99. The van der Waals surface area contributed by atoms with Crippen LogP contribution in [0.25, 0.3) is 0 Å². The van der Waals surface area contributed by atoms with Crippen LogP contribution in [0.4, 0.5) is 0 Å². The first-order chi connectivity index (χ1) is 12.0. The van der Waals surface area contributed by atoms with Gasteiger partial charge in [-0.25, -0.2) is 0 Å². The van der Waals surface area contributed by atoms with Crippen LogP contribution < -0.4 is 10.6 Å². The topological polar surface area (TPSA) is 68.2 Å². The molecule has 0 radical (unpaired) electrons. The molecule has 2 aromatic rings. The first kappa shape index (κ1) is 19.4. The summed E-state index contributed by atoms with van der Waals surface area (Å²) in [5.41, 5.74) is 3.16. The van der Waals surface area contributed by atoms with Gasteiger partial charge in [-0.05, 0) is 25.5 Å². The van der Waals surface area contributed by atoms with Crippen molar-refractivity contribution in [2.24, 2.45) is 0 Å². The van der Waals surface area contributed by atoms with Crippen molar-refractivity contribution in [2.45, 2.75) is 20.4 Å². The molecular formula is C18H25ClN4O2. The molecule has 6 nitrogen and oxygen atoms in total. The molecule has 0 saturated heterocycles. The highest BCUT2D eigenvalue weighted by molar-refractivity contribution is 6.31. The van der Waals surface area contributed by atoms with E-state index in [4.69, 9.17) is 16.3 Å². The van der Waals surface area contributed by atoms with Gasteiger partial charge in [0.1, 0.15) is 0 Å². The molecule has 1 aromatic heterocycles. The van der Waals surface area contributed by atoms with Gasteiger partial charge in [-0.2, -0.15) is 5.10 Å². The SMILES string of the molecule is COCCNCCNC(=O)c1c(C)nn(Cc2ccccc2Cl)c1C. The lowest BCUT2D eigenvalue weighted by molar-refractivity contribution is 0.0952. The molecule has 1 aromatic carbocycles. The minimum Gasteiger partial charge on any atom is -0.383 e. The minimum atomic E-state index is -0.103. The molecule has 2 N–H and O–H groups in total. The third-order valence-electron chi connectivity index (χ3n) is 3.96. The molecule has 0 aliphatic rings. The predicted octanol–water partition coefficient (Wildman–Crippen LogP) is 2.17. The summed E-state index contributed by atoms with van der Waals surface area (Å²) in [5.74, 6) is -0.103. The molecule has 0 saturated carbocycles. The number of aromatic nitrogens is 2. The van der Waals surface area contributed by atoms with Gasteiger partial charge < -0.3 is 15.4 Å². The van der Waals surface area contributed by atoms with Crippen LogP contribution in [0.15, 0.2) is 24.3 Å². The fraction of sp³-hybridized carbons (Fsp3) is 0.444. The smallest absolute Gasteiger partial charge is 0.255 e. The molecule has 1 heterocycles. The highest BCUT2D eigenvalue weighted by Crippen LogP contribution is 2.19. The van der Waals surface area contributed by atoms with Crippen LogP contribution in [-0.4, -0.2) is 49.0 Å². The maximum Gasteiger partial charge on any atom is 0.255 e.